The normalized spacial score (nSPS) is 10.7. The minimum absolute atomic E-state index is 0.375. The maximum Gasteiger partial charge on any atom is 0.0539 e. The minimum Gasteiger partial charge on any atom is -0.0818 e. The van der Waals surface area contributed by atoms with Crippen molar-refractivity contribution in [3.05, 3.63) is 91.0 Å². The molecule has 104 valence electrons. The molecule has 3 aromatic rings. The van der Waals surface area contributed by atoms with Gasteiger partial charge in [-0.3, -0.25) is 0 Å². The van der Waals surface area contributed by atoms with Crippen LogP contribution in [-0.2, 0) is 0 Å². The molecular weight excluding hydrogens is 311 g/mol. The number of hydrogen-bond acceptors (Lipinski definition) is 2. The van der Waals surface area contributed by atoms with Gasteiger partial charge in [0.2, 0.25) is 0 Å². The molecule has 0 saturated heterocycles. The van der Waals surface area contributed by atoms with Crippen molar-refractivity contribution in [2.75, 3.05) is 0 Å². The second kappa shape index (κ2) is 7.70. The van der Waals surface area contributed by atoms with Crippen molar-refractivity contribution in [2.45, 2.75) is 9.79 Å². The molecule has 3 rings (SSSR count). The molecular formula is C18H15PS2. The molecule has 0 bridgehead atoms. The summed E-state index contributed by atoms with van der Waals surface area (Å²) in [7, 11) is 0. The quantitative estimate of drug-likeness (QED) is 0.511. The molecule has 3 heteroatoms. The van der Waals surface area contributed by atoms with Crippen molar-refractivity contribution in [1.29, 1.82) is 0 Å². The van der Waals surface area contributed by atoms with Crippen molar-refractivity contribution < 1.29 is 0 Å². The Morgan fingerprint density at radius 1 is 0.476 bits per heavy atom. The van der Waals surface area contributed by atoms with Gasteiger partial charge in [0.05, 0.1) is 6.33 Å². The lowest BCUT2D eigenvalue weighted by Crippen LogP contribution is -1.94. The van der Waals surface area contributed by atoms with Gasteiger partial charge in [-0.05, 0) is 29.6 Å². The Kier molecular flexibility index (Phi) is 5.40. The molecule has 0 N–H and O–H groups in total. The molecule has 0 atom stereocenters. The highest BCUT2D eigenvalue weighted by molar-refractivity contribution is 8.90. The van der Waals surface area contributed by atoms with E-state index in [2.05, 4.69) is 91.0 Å². The molecule has 21 heavy (non-hydrogen) atoms. The number of hydrogen-bond donors (Lipinski definition) is 0. The Hall–Kier alpha value is -1.21. The molecule has 0 aromatic heterocycles. The molecule has 0 nitrogen and oxygen atoms in total. The van der Waals surface area contributed by atoms with Gasteiger partial charge in [0.25, 0.3) is 0 Å². The van der Waals surface area contributed by atoms with E-state index in [1.807, 2.05) is 22.8 Å². The molecule has 0 amide bonds. The van der Waals surface area contributed by atoms with E-state index in [0.717, 1.165) is 0 Å². The smallest absolute Gasteiger partial charge is 0.0539 e. The zero-order valence-electron chi connectivity index (χ0n) is 11.4. The molecule has 0 fully saturated rings. The third-order valence-corrected chi connectivity index (χ3v) is 9.71. The molecule has 0 unspecified atom stereocenters. The van der Waals surface area contributed by atoms with Crippen LogP contribution < -0.4 is 5.30 Å². The standard InChI is InChI=1S/C18H15PS2/c1-4-10-16(11-5-1)19(20-17-12-6-2-7-13-17)21-18-14-8-3-9-15-18/h1-15H. The maximum absolute atomic E-state index is 2.23. The van der Waals surface area contributed by atoms with Crippen LogP contribution in [0.2, 0.25) is 0 Å². The van der Waals surface area contributed by atoms with Crippen molar-refractivity contribution in [3.63, 3.8) is 0 Å². The Bertz CT molecular complexity index is 615. The predicted octanol–water partition coefficient (Wildman–Crippen LogP) is 6.21. The predicted molar refractivity (Wildman–Crippen MR) is 97.6 cm³/mol. The number of benzene rings is 3. The van der Waals surface area contributed by atoms with Crippen molar-refractivity contribution in [1.82, 2.24) is 0 Å². The summed E-state index contributed by atoms with van der Waals surface area (Å²) in [5.41, 5.74) is 0. The van der Waals surface area contributed by atoms with Gasteiger partial charge in [0, 0.05) is 9.79 Å². The first kappa shape index (κ1) is 14.7. The highest BCUT2D eigenvalue weighted by Gasteiger charge is 2.14. The summed E-state index contributed by atoms with van der Waals surface area (Å²) in [5, 5.41) is 1.41. The van der Waals surface area contributed by atoms with Crippen molar-refractivity contribution in [3.8, 4) is 0 Å². The summed E-state index contributed by atoms with van der Waals surface area (Å²) in [4.78, 5) is 2.66. The van der Waals surface area contributed by atoms with E-state index in [1.165, 1.54) is 15.1 Å². The minimum atomic E-state index is -0.375. The van der Waals surface area contributed by atoms with E-state index in [-0.39, 0.29) is 6.33 Å². The summed E-state index contributed by atoms with van der Waals surface area (Å²) in [6.45, 7) is 0. The first-order valence-corrected chi connectivity index (χ1v) is 10.9. The van der Waals surface area contributed by atoms with Gasteiger partial charge < -0.3 is 0 Å². The topological polar surface area (TPSA) is 0 Å². The van der Waals surface area contributed by atoms with Gasteiger partial charge in [0.1, 0.15) is 0 Å². The molecule has 0 radical (unpaired) electrons. The van der Waals surface area contributed by atoms with E-state index in [0.29, 0.717) is 0 Å². The van der Waals surface area contributed by atoms with Gasteiger partial charge in [0.15, 0.2) is 0 Å². The van der Waals surface area contributed by atoms with E-state index >= 15 is 0 Å². The van der Waals surface area contributed by atoms with Crippen LogP contribution in [-0.4, -0.2) is 0 Å². The van der Waals surface area contributed by atoms with E-state index < -0.39 is 0 Å². The summed E-state index contributed by atoms with van der Waals surface area (Å²) in [6.07, 6.45) is -0.375. The second-order valence-corrected chi connectivity index (χ2v) is 10.7. The zero-order chi connectivity index (χ0) is 14.3. The van der Waals surface area contributed by atoms with Crippen LogP contribution in [0, 0.1) is 0 Å². The molecule has 0 saturated carbocycles. The first-order valence-electron chi connectivity index (χ1n) is 6.73. The Morgan fingerprint density at radius 2 is 0.857 bits per heavy atom. The Balaban J connectivity index is 1.84. The fraction of sp³-hybridized carbons (Fsp3) is 0. The Morgan fingerprint density at radius 3 is 1.29 bits per heavy atom. The van der Waals surface area contributed by atoms with Gasteiger partial charge in [-0.25, -0.2) is 0 Å². The average molecular weight is 326 g/mol. The highest BCUT2D eigenvalue weighted by atomic mass is 33.1. The van der Waals surface area contributed by atoms with Gasteiger partial charge in [-0.2, -0.15) is 0 Å². The van der Waals surface area contributed by atoms with Gasteiger partial charge >= 0.3 is 0 Å². The lowest BCUT2D eigenvalue weighted by Gasteiger charge is -2.16. The molecule has 0 spiro atoms. The van der Waals surface area contributed by atoms with Crippen LogP contribution in [0.4, 0.5) is 0 Å². The zero-order valence-corrected chi connectivity index (χ0v) is 14.0. The highest BCUT2D eigenvalue weighted by Crippen LogP contribution is 2.64. The molecule has 0 aliphatic heterocycles. The van der Waals surface area contributed by atoms with Crippen LogP contribution in [0.25, 0.3) is 0 Å². The van der Waals surface area contributed by atoms with Gasteiger partial charge in [-0.15, -0.1) is 0 Å². The maximum atomic E-state index is 2.23. The van der Waals surface area contributed by atoms with E-state index in [4.69, 9.17) is 0 Å². The summed E-state index contributed by atoms with van der Waals surface area (Å²) in [5.74, 6) is 0. The third-order valence-electron chi connectivity index (χ3n) is 2.83. The Labute approximate surface area is 135 Å². The van der Waals surface area contributed by atoms with Gasteiger partial charge in [-0.1, -0.05) is 89.5 Å². The SMILES string of the molecule is c1ccc(SP(Sc2ccccc2)c2ccccc2)cc1. The van der Waals surface area contributed by atoms with Crippen LogP contribution in [0.1, 0.15) is 0 Å². The van der Waals surface area contributed by atoms with Crippen LogP contribution in [0.15, 0.2) is 101 Å². The van der Waals surface area contributed by atoms with Crippen molar-refractivity contribution >= 4 is 34.4 Å². The summed E-state index contributed by atoms with van der Waals surface area (Å²) >= 11 is 3.93. The average Bonchev–Trinajstić information content (AvgIpc) is 2.57. The molecule has 0 heterocycles. The van der Waals surface area contributed by atoms with E-state index in [1.54, 1.807) is 0 Å². The summed E-state index contributed by atoms with van der Waals surface area (Å²) < 4.78 is 0. The van der Waals surface area contributed by atoms with Crippen LogP contribution >= 0.6 is 29.1 Å². The molecule has 3 aromatic carbocycles. The van der Waals surface area contributed by atoms with Crippen LogP contribution in [0.5, 0.6) is 0 Å². The molecule has 0 aliphatic rings. The monoisotopic (exact) mass is 326 g/mol. The van der Waals surface area contributed by atoms with Crippen LogP contribution in [0.3, 0.4) is 0 Å². The summed E-state index contributed by atoms with van der Waals surface area (Å²) in [6, 6.07) is 32.1. The largest absolute Gasteiger partial charge is 0.0818 e. The van der Waals surface area contributed by atoms with Crippen molar-refractivity contribution in [2.24, 2.45) is 0 Å². The first-order chi connectivity index (χ1) is 10.4. The fourth-order valence-corrected chi connectivity index (χ4v) is 8.67. The lowest BCUT2D eigenvalue weighted by molar-refractivity contribution is 1.48. The fourth-order valence-electron chi connectivity index (χ4n) is 1.83. The second-order valence-electron chi connectivity index (χ2n) is 4.40. The number of rotatable bonds is 5. The van der Waals surface area contributed by atoms with E-state index in [9.17, 15) is 0 Å². The molecule has 0 aliphatic carbocycles. The third kappa shape index (κ3) is 4.38. The lowest BCUT2D eigenvalue weighted by atomic mass is 10.4.